The third-order valence-corrected chi connectivity index (χ3v) is 2.31. The molecule has 0 bridgehead atoms. The summed E-state index contributed by atoms with van der Waals surface area (Å²) in [6.45, 7) is 0. The van der Waals surface area contributed by atoms with E-state index in [-0.39, 0.29) is 23.0 Å². The Kier molecular flexibility index (Phi) is 3.97. The molecule has 0 radical (unpaired) electrons. The van der Waals surface area contributed by atoms with Crippen molar-refractivity contribution in [2.45, 2.75) is 6.36 Å². The van der Waals surface area contributed by atoms with Crippen LogP contribution in [0.15, 0.2) is 42.6 Å². The Morgan fingerprint density at radius 3 is 2.43 bits per heavy atom. The summed E-state index contributed by atoms with van der Waals surface area (Å²) in [4.78, 5) is 3.82. The fourth-order valence-corrected chi connectivity index (χ4v) is 1.49. The molecule has 1 aromatic carbocycles. The summed E-state index contributed by atoms with van der Waals surface area (Å²) in [6, 6.07) is 8.13. The summed E-state index contributed by atoms with van der Waals surface area (Å²) in [5.74, 6) is -0.671. The maximum absolute atomic E-state index is 12.3. The number of para-hydroxylation sites is 2. The van der Waals surface area contributed by atoms with Gasteiger partial charge in [-0.15, -0.1) is 13.2 Å². The number of pyridine rings is 1. The largest absolute Gasteiger partial charge is 0.573 e. The number of halogens is 3. The second kappa shape index (κ2) is 5.70. The van der Waals surface area contributed by atoms with Gasteiger partial charge < -0.3 is 15.2 Å². The summed E-state index contributed by atoms with van der Waals surface area (Å²) >= 11 is 0. The molecule has 110 valence electrons. The molecule has 1 aromatic heterocycles. The van der Waals surface area contributed by atoms with Gasteiger partial charge in [0.25, 0.3) is 0 Å². The lowest BCUT2D eigenvalue weighted by Crippen LogP contribution is -2.17. The molecule has 0 saturated heterocycles. The molecule has 0 saturated carbocycles. The minimum absolute atomic E-state index is 0.115. The van der Waals surface area contributed by atoms with Gasteiger partial charge in [0.05, 0.1) is 0 Å². The first-order valence-corrected chi connectivity index (χ1v) is 5.68. The van der Waals surface area contributed by atoms with Crippen molar-refractivity contribution in [2.24, 2.45) is 5.73 Å². The Labute approximate surface area is 117 Å². The third kappa shape index (κ3) is 4.10. The fraction of sp³-hybridized carbons (Fsp3) is 0.0769. The topological polar surface area (TPSA) is 81.2 Å². The van der Waals surface area contributed by atoms with Crippen molar-refractivity contribution < 1.29 is 22.6 Å². The van der Waals surface area contributed by atoms with Gasteiger partial charge in [-0.2, -0.15) is 0 Å². The van der Waals surface area contributed by atoms with Gasteiger partial charge in [0.2, 0.25) is 0 Å². The van der Waals surface area contributed by atoms with E-state index in [1.807, 2.05) is 0 Å². The first kappa shape index (κ1) is 14.6. The molecule has 0 amide bonds. The molecule has 0 spiro atoms. The SMILES string of the molecule is N=C(N)c1cc(Oc2ccccc2OC(F)(F)F)ccn1. The van der Waals surface area contributed by atoms with E-state index in [0.29, 0.717) is 0 Å². The average molecular weight is 297 g/mol. The number of nitrogens with zero attached hydrogens (tertiary/aromatic N) is 1. The molecule has 3 N–H and O–H groups in total. The summed E-state index contributed by atoms with van der Waals surface area (Å²) in [6.07, 6.45) is -3.48. The highest BCUT2D eigenvalue weighted by atomic mass is 19.4. The summed E-state index contributed by atoms with van der Waals surface area (Å²) in [7, 11) is 0. The lowest BCUT2D eigenvalue weighted by Gasteiger charge is -2.13. The van der Waals surface area contributed by atoms with Crippen molar-refractivity contribution in [3.63, 3.8) is 0 Å². The van der Waals surface area contributed by atoms with Crippen LogP contribution in [0.4, 0.5) is 13.2 Å². The van der Waals surface area contributed by atoms with Gasteiger partial charge in [-0.25, -0.2) is 0 Å². The predicted molar refractivity (Wildman–Crippen MR) is 68.5 cm³/mol. The van der Waals surface area contributed by atoms with Crippen LogP contribution in [0.25, 0.3) is 0 Å². The molecule has 21 heavy (non-hydrogen) atoms. The molecule has 1 heterocycles. The highest BCUT2D eigenvalue weighted by Gasteiger charge is 2.32. The van der Waals surface area contributed by atoms with Crippen LogP contribution in [-0.2, 0) is 0 Å². The van der Waals surface area contributed by atoms with Crippen LogP contribution >= 0.6 is 0 Å². The van der Waals surface area contributed by atoms with Crippen LogP contribution in [0.5, 0.6) is 17.2 Å². The Bertz CT molecular complexity index is 659. The molecule has 0 aliphatic heterocycles. The number of hydrogen-bond acceptors (Lipinski definition) is 4. The van der Waals surface area contributed by atoms with Crippen LogP contribution in [0.1, 0.15) is 5.69 Å². The van der Waals surface area contributed by atoms with Crippen LogP contribution in [-0.4, -0.2) is 17.2 Å². The van der Waals surface area contributed by atoms with Crippen molar-refractivity contribution in [3.8, 4) is 17.2 Å². The number of rotatable bonds is 4. The molecule has 0 aliphatic carbocycles. The van der Waals surface area contributed by atoms with Gasteiger partial charge in [-0.3, -0.25) is 10.4 Å². The van der Waals surface area contributed by atoms with E-state index >= 15 is 0 Å². The van der Waals surface area contributed by atoms with Crippen LogP contribution < -0.4 is 15.2 Å². The highest BCUT2D eigenvalue weighted by Crippen LogP contribution is 2.34. The fourth-order valence-electron chi connectivity index (χ4n) is 1.49. The van der Waals surface area contributed by atoms with Gasteiger partial charge in [0.15, 0.2) is 11.5 Å². The Morgan fingerprint density at radius 1 is 1.14 bits per heavy atom. The maximum atomic E-state index is 12.3. The molecule has 8 heteroatoms. The number of benzene rings is 1. The second-order valence-corrected chi connectivity index (χ2v) is 3.89. The quantitative estimate of drug-likeness (QED) is 0.671. The number of nitrogens with one attached hydrogen (secondary N) is 1. The van der Waals surface area contributed by atoms with Crippen LogP contribution in [0.2, 0.25) is 0 Å². The van der Waals surface area contributed by atoms with Gasteiger partial charge in [-0.05, 0) is 18.2 Å². The number of ether oxygens (including phenoxy) is 2. The molecule has 0 unspecified atom stereocenters. The van der Waals surface area contributed by atoms with Crippen LogP contribution in [0, 0.1) is 5.41 Å². The van der Waals surface area contributed by atoms with Gasteiger partial charge in [0.1, 0.15) is 17.3 Å². The number of aromatic nitrogens is 1. The molecule has 2 aromatic rings. The van der Waals surface area contributed by atoms with E-state index in [1.54, 1.807) is 0 Å². The van der Waals surface area contributed by atoms with Gasteiger partial charge in [-0.1, -0.05) is 12.1 Å². The molecular weight excluding hydrogens is 287 g/mol. The Balaban J connectivity index is 2.27. The zero-order valence-electron chi connectivity index (χ0n) is 10.5. The first-order valence-electron chi connectivity index (χ1n) is 5.68. The molecule has 2 rings (SSSR count). The number of hydrogen-bond donors (Lipinski definition) is 2. The molecule has 0 aliphatic rings. The predicted octanol–water partition coefficient (Wildman–Crippen LogP) is 3.06. The van der Waals surface area contributed by atoms with Crippen molar-refractivity contribution in [2.75, 3.05) is 0 Å². The number of nitrogens with two attached hydrogens (primary N) is 1. The molecule has 5 nitrogen and oxygen atoms in total. The highest BCUT2D eigenvalue weighted by molar-refractivity contribution is 5.93. The zero-order chi connectivity index (χ0) is 15.5. The average Bonchev–Trinajstić information content (AvgIpc) is 2.40. The Morgan fingerprint density at radius 2 is 1.81 bits per heavy atom. The lowest BCUT2D eigenvalue weighted by atomic mass is 10.3. The van der Waals surface area contributed by atoms with E-state index in [9.17, 15) is 13.2 Å². The Hall–Kier alpha value is -2.77. The standard InChI is InChI=1S/C13H10F3N3O2/c14-13(15,16)21-11-4-2-1-3-10(11)20-8-5-6-19-9(7-8)12(17)18/h1-7H,(H3,17,18). The van der Waals surface area contributed by atoms with E-state index in [1.165, 1.54) is 36.5 Å². The third-order valence-electron chi connectivity index (χ3n) is 2.31. The van der Waals surface area contributed by atoms with Crippen molar-refractivity contribution in [1.82, 2.24) is 4.98 Å². The van der Waals surface area contributed by atoms with Gasteiger partial charge in [0, 0.05) is 12.3 Å². The van der Waals surface area contributed by atoms with Crippen LogP contribution in [0.3, 0.4) is 0 Å². The normalized spacial score (nSPS) is 11.0. The van der Waals surface area contributed by atoms with Gasteiger partial charge >= 0.3 is 6.36 Å². The number of alkyl halides is 3. The van der Waals surface area contributed by atoms with E-state index in [0.717, 1.165) is 6.07 Å². The minimum Gasteiger partial charge on any atom is -0.453 e. The molecule has 0 atom stereocenters. The van der Waals surface area contributed by atoms with E-state index in [4.69, 9.17) is 15.9 Å². The van der Waals surface area contributed by atoms with E-state index < -0.39 is 12.1 Å². The van der Waals surface area contributed by atoms with Crippen molar-refractivity contribution in [1.29, 1.82) is 5.41 Å². The zero-order valence-corrected chi connectivity index (χ0v) is 10.5. The monoisotopic (exact) mass is 297 g/mol. The van der Waals surface area contributed by atoms with Crippen molar-refractivity contribution >= 4 is 5.84 Å². The number of nitrogen functional groups attached to an aromatic ring is 1. The maximum Gasteiger partial charge on any atom is 0.573 e. The second-order valence-electron chi connectivity index (χ2n) is 3.89. The smallest absolute Gasteiger partial charge is 0.453 e. The minimum atomic E-state index is -4.82. The molecular formula is C13H10F3N3O2. The molecule has 0 fully saturated rings. The summed E-state index contributed by atoms with van der Waals surface area (Å²) in [5.41, 5.74) is 5.44. The van der Waals surface area contributed by atoms with Crippen molar-refractivity contribution in [3.05, 3.63) is 48.3 Å². The first-order chi connectivity index (χ1) is 9.85. The lowest BCUT2D eigenvalue weighted by molar-refractivity contribution is -0.275. The summed E-state index contributed by atoms with van der Waals surface area (Å²) in [5, 5.41) is 7.26. The summed E-state index contributed by atoms with van der Waals surface area (Å²) < 4.78 is 46.1. The number of amidine groups is 1. The van der Waals surface area contributed by atoms with E-state index in [2.05, 4.69) is 9.72 Å².